The highest BCUT2D eigenvalue weighted by molar-refractivity contribution is 7.22. The van der Waals surface area contributed by atoms with E-state index in [1.807, 2.05) is 41.3 Å². The van der Waals surface area contributed by atoms with E-state index in [1.54, 1.807) is 18.4 Å². The molecule has 5 rings (SSSR count). The van der Waals surface area contributed by atoms with Crippen LogP contribution in [0.5, 0.6) is 5.75 Å². The predicted octanol–water partition coefficient (Wildman–Crippen LogP) is 2.67. The summed E-state index contributed by atoms with van der Waals surface area (Å²) >= 11 is 1.72. The summed E-state index contributed by atoms with van der Waals surface area (Å²) in [6, 6.07) is 6.07. The van der Waals surface area contributed by atoms with E-state index in [-0.39, 0.29) is 0 Å². The predicted molar refractivity (Wildman–Crippen MR) is 104 cm³/mol. The Balaban J connectivity index is 1.38. The summed E-state index contributed by atoms with van der Waals surface area (Å²) in [5.41, 5.74) is 1.85. The van der Waals surface area contributed by atoms with Crippen LogP contribution < -0.4 is 14.5 Å². The number of methoxy groups -OCH3 is 1. The molecular formula is C18H18N6OS. The van der Waals surface area contributed by atoms with Crippen LogP contribution in [-0.4, -0.2) is 52.6 Å². The summed E-state index contributed by atoms with van der Waals surface area (Å²) in [6.45, 7) is 3.61. The molecule has 4 aromatic rings. The van der Waals surface area contributed by atoms with Crippen molar-refractivity contribution < 1.29 is 4.74 Å². The van der Waals surface area contributed by atoms with Gasteiger partial charge in [0.05, 0.1) is 11.8 Å². The quantitative estimate of drug-likeness (QED) is 0.556. The molecule has 1 aliphatic rings. The summed E-state index contributed by atoms with van der Waals surface area (Å²) in [5.74, 6) is 1.78. The molecular weight excluding hydrogens is 348 g/mol. The van der Waals surface area contributed by atoms with Crippen LogP contribution in [0.25, 0.3) is 15.9 Å². The number of hydrogen-bond donors (Lipinski definition) is 0. The second-order valence-electron chi connectivity index (χ2n) is 6.19. The Morgan fingerprint density at radius 2 is 1.77 bits per heavy atom. The smallest absolute Gasteiger partial charge is 0.186 e. The van der Waals surface area contributed by atoms with Gasteiger partial charge in [0.15, 0.2) is 16.6 Å². The molecule has 7 nitrogen and oxygen atoms in total. The van der Waals surface area contributed by atoms with E-state index in [2.05, 4.69) is 25.8 Å². The number of fused-ring (bicyclic) bond motifs is 2. The van der Waals surface area contributed by atoms with Gasteiger partial charge in [0.2, 0.25) is 0 Å². The first-order chi connectivity index (χ1) is 12.8. The first-order valence-electron chi connectivity index (χ1n) is 8.54. The zero-order valence-electron chi connectivity index (χ0n) is 14.4. The molecule has 8 heteroatoms. The highest BCUT2D eigenvalue weighted by Crippen LogP contribution is 2.34. The van der Waals surface area contributed by atoms with E-state index in [9.17, 15) is 0 Å². The minimum Gasteiger partial charge on any atom is -0.494 e. The lowest BCUT2D eigenvalue weighted by Crippen LogP contribution is -2.47. The van der Waals surface area contributed by atoms with Crippen molar-refractivity contribution in [2.75, 3.05) is 43.1 Å². The van der Waals surface area contributed by atoms with Crippen LogP contribution in [0.4, 0.5) is 10.9 Å². The van der Waals surface area contributed by atoms with Gasteiger partial charge < -0.3 is 18.9 Å². The van der Waals surface area contributed by atoms with Crippen molar-refractivity contribution in [3.8, 4) is 5.75 Å². The summed E-state index contributed by atoms with van der Waals surface area (Å²) < 4.78 is 8.60. The molecule has 0 saturated carbocycles. The number of piperazine rings is 1. The molecule has 26 heavy (non-hydrogen) atoms. The van der Waals surface area contributed by atoms with E-state index in [0.717, 1.165) is 58.7 Å². The van der Waals surface area contributed by atoms with Crippen LogP contribution in [0.1, 0.15) is 0 Å². The largest absolute Gasteiger partial charge is 0.494 e. The van der Waals surface area contributed by atoms with Gasteiger partial charge in [-0.15, -0.1) is 0 Å². The molecule has 1 aromatic carbocycles. The van der Waals surface area contributed by atoms with Crippen molar-refractivity contribution in [2.45, 2.75) is 0 Å². The second-order valence-corrected chi connectivity index (χ2v) is 7.20. The van der Waals surface area contributed by atoms with E-state index in [0.29, 0.717) is 0 Å². The van der Waals surface area contributed by atoms with Crippen LogP contribution in [0.2, 0.25) is 0 Å². The molecule has 0 unspecified atom stereocenters. The fourth-order valence-corrected chi connectivity index (χ4v) is 4.42. The molecule has 0 atom stereocenters. The van der Waals surface area contributed by atoms with Gasteiger partial charge in [-0.05, 0) is 12.1 Å². The summed E-state index contributed by atoms with van der Waals surface area (Å²) in [7, 11) is 1.69. The number of para-hydroxylation sites is 1. The Morgan fingerprint density at radius 1 is 1.00 bits per heavy atom. The standard InChI is InChI=1S/C18H18N6OS/c1-25-13-3-2-4-14-15(13)21-18(26-14)24-11-9-23(10-12-24)17-16-19-5-7-22(16)8-6-20-17/h2-8H,9-12H2,1H3. The molecule has 0 aliphatic carbocycles. The van der Waals surface area contributed by atoms with Gasteiger partial charge >= 0.3 is 0 Å². The maximum atomic E-state index is 5.44. The zero-order valence-corrected chi connectivity index (χ0v) is 15.2. The molecule has 0 amide bonds. The molecule has 0 radical (unpaired) electrons. The highest BCUT2D eigenvalue weighted by atomic mass is 32.1. The van der Waals surface area contributed by atoms with E-state index >= 15 is 0 Å². The van der Waals surface area contributed by atoms with Crippen LogP contribution >= 0.6 is 11.3 Å². The summed E-state index contributed by atoms with van der Waals surface area (Å²) in [4.78, 5) is 18.4. The van der Waals surface area contributed by atoms with Crippen LogP contribution in [0, 0.1) is 0 Å². The minimum atomic E-state index is 0.832. The third kappa shape index (κ3) is 2.45. The average molecular weight is 366 g/mol. The molecule has 0 bridgehead atoms. The van der Waals surface area contributed by atoms with E-state index < -0.39 is 0 Å². The molecule has 4 heterocycles. The number of hydrogen-bond acceptors (Lipinski definition) is 7. The van der Waals surface area contributed by atoms with Gasteiger partial charge in [-0.3, -0.25) is 0 Å². The molecule has 132 valence electrons. The number of nitrogens with zero attached hydrogens (tertiary/aromatic N) is 6. The Bertz CT molecular complexity index is 1070. The lowest BCUT2D eigenvalue weighted by Gasteiger charge is -2.35. The van der Waals surface area contributed by atoms with Crippen LogP contribution in [-0.2, 0) is 0 Å². The van der Waals surface area contributed by atoms with Gasteiger partial charge in [0.25, 0.3) is 0 Å². The molecule has 0 N–H and O–H groups in total. The van der Waals surface area contributed by atoms with Gasteiger partial charge in [-0.2, -0.15) is 0 Å². The van der Waals surface area contributed by atoms with Crippen molar-refractivity contribution in [2.24, 2.45) is 0 Å². The average Bonchev–Trinajstić information content (AvgIpc) is 3.34. The number of aromatic nitrogens is 4. The molecule has 3 aromatic heterocycles. The summed E-state index contributed by atoms with van der Waals surface area (Å²) in [5, 5.41) is 1.05. The van der Waals surface area contributed by atoms with Crippen molar-refractivity contribution in [1.29, 1.82) is 0 Å². The lowest BCUT2D eigenvalue weighted by molar-refractivity contribution is 0.419. The van der Waals surface area contributed by atoms with Crippen molar-refractivity contribution in [3.05, 3.63) is 43.0 Å². The fraction of sp³-hybridized carbons (Fsp3) is 0.278. The van der Waals surface area contributed by atoms with E-state index in [4.69, 9.17) is 9.72 Å². The number of rotatable bonds is 3. The number of benzene rings is 1. The first-order valence-corrected chi connectivity index (χ1v) is 9.36. The maximum absolute atomic E-state index is 5.44. The van der Waals surface area contributed by atoms with Gasteiger partial charge in [-0.25, -0.2) is 15.0 Å². The number of imidazole rings is 1. The minimum absolute atomic E-state index is 0.832. The number of anilines is 2. The first kappa shape index (κ1) is 15.4. The second kappa shape index (κ2) is 6.14. The number of thiazole rings is 1. The maximum Gasteiger partial charge on any atom is 0.186 e. The number of ether oxygens (including phenoxy) is 1. The lowest BCUT2D eigenvalue weighted by atomic mass is 10.3. The normalized spacial score (nSPS) is 15.1. The molecule has 1 aliphatic heterocycles. The van der Waals surface area contributed by atoms with Crippen molar-refractivity contribution in [1.82, 2.24) is 19.4 Å². The SMILES string of the molecule is COc1cccc2sc(N3CCN(c4nccn5ccnc45)CC3)nc12. The summed E-state index contributed by atoms with van der Waals surface area (Å²) in [6.07, 6.45) is 7.52. The third-order valence-corrected chi connectivity index (χ3v) is 5.81. The topological polar surface area (TPSA) is 58.8 Å². The molecule has 1 fully saturated rings. The van der Waals surface area contributed by atoms with Gasteiger partial charge in [0.1, 0.15) is 11.3 Å². The molecule has 1 saturated heterocycles. The highest BCUT2D eigenvalue weighted by Gasteiger charge is 2.23. The Morgan fingerprint density at radius 3 is 2.58 bits per heavy atom. The van der Waals surface area contributed by atoms with Crippen LogP contribution in [0.3, 0.4) is 0 Å². The van der Waals surface area contributed by atoms with Crippen molar-refractivity contribution >= 4 is 38.2 Å². The fourth-order valence-electron chi connectivity index (χ4n) is 3.38. The van der Waals surface area contributed by atoms with Crippen molar-refractivity contribution in [3.63, 3.8) is 0 Å². The molecule has 0 spiro atoms. The monoisotopic (exact) mass is 366 g/mol. The van der Waals surface area contributed by atoms with Crippen LogP contribution in [0.15, 0.2) is 43.0 Å². The van der Waals surface area contributed by atoms with Gasteiger partial charge in [-0.1, -0.05) is 17.4 Å². The Kier molecular flexibility index (Phi) is 3.63. The van der Waals surface area contributed by atoms with Gasteiger partial charge in [0, 0.05) is 51.0 Å². The van der Waals surface area contributed by atoms with E-state index in [1.165, 1.54) is 0 Å². The Hall–Kier alpha value is -2.87. The third-order valence-electron chi connectivity index (χ3n) is 4.73. The zero-order chi connectivity index (χ0) is 17.5. The Labute approximate surface area is 154 Å².